The molecule has 1 unspecified atom stereocenters. The Bertz CT molecular complexity index is 963. The molecule has 1 aromatic heterocycles. The number of hydrogen-bond donors (Lipinski definition) is 1. The van der Waals surface area contributed by atoms with Crippen molar-refractivity contribution in [3.63, 3.8) is 0 Å². The summed E-state index contributed by atoms with van der Waals surface area (Å²) in [4.78, 5) is 29.4. The molecule has 2 N–H and O–H groups in total. The fourth-order valence-corrected chi connectivity index (χ4v) is 5.15. The summed E-state index contributed by atoms with van der Waals surface area (Å²) >= 11 is 5.84. The second-order valence-electron chi connectivity index (χ2n) is 5.89. The van der Waals surface area contributed by atoms with Gasteiger partial charge in [-0.3, -0.25) is 9.59 Å². The maximum Gasteiger partial charge on any atom is 0.247 e. The molecule has 132 valence electrons. The predicted octanol–water partition coefficient (Wildman–Crippen LogP) is 3.86. The molecule has 5 nitrogen and oxygen atoms in total. The Balaban J connectivity index is 1.48. The molecule has 0 bridgehead atoms. The van der Waals surface area contributed by atoms with Gasteiger partial charge in [0.15, 0.2) is 0 Å². The van der Waals surface area contributed by atoms with Crippen LogP contribution in [-0.4, -0.2) is 26.4 Å². The fourth-order valence-electron chi connectivity index (χ4n) is 3.11. The number of aliphatic imine (C=N–C) groups is 1. The van der Waals surface area contributed by atoms with Gasteiger partial charge in [-0.2, -0.15) is 0 Å². The summed E-state index contributed by atoms with van der Waals surface area (Å²) in [5, 5.41) is 0.573. The second kappa shape index (κ2) is 7.09. The van der Waals surface area contributed by atoms with Crippen molar-refractivity contribution >= 4 is 61.3 Å². The van der Waals surface area contributed by atoms with E-state index in [1.807, 2.05) is 47.2 Å². The molecule has 2 aromatic rings. The van der Waals surface area contributed by atoms with Gasteiger partial charge in [0.2, 0.25) is 11.0 Å². The smallest absolute Gasteiger partial charge is 0.247 e. The van der Waals surface area contributed by atoms with Crippen molar-refractivity contribution in [3.8, 4) is 0 Å². The van der Waals surface area contributed by atoms with Crippen molar-refractivity contribution in [1.29, 1.82) is 0 Å². The molecular weight excluding hydrogens is 434 g/mol. The second-order valence-corrected chi connectivity index (χ2v) is 8.90. The number of carbonyl (C=O) groups excluding carboxylic acids is 2. The Morgan fingerprint density at radius 3 is 2.85 bits per heavy atom. The van der Waals surface area contributed by atoms with Gasteiger partial charge in [0.25, 0.3) is 0 Å². The van der Waals surface area contributed by atoms with Gasteiger partial charge < -0.3 is 10.3 Å². The van der Waals surface area contributed by atoms with E-state index in [-0.39, 0.29) is 22.7 Å². The molecule has 0 saturated heterocycles. The van der Waals surface area contributed by atoms with Gasteiger partial charge in [0.05, 0.1) is 5.75 Å². The molecule has 2 aliphatic heterocycles. The van der Waals surface area contributed by atoms with Crippen LogP contribution in [0, 0.1) is 0 Å². The number of carbonyl (C=O) groups is 2. The number of amides is 1. The van der Waals surface area contributed by atoms with Crippen LogP contribution in [0.4, 0.5) is 0 Å². The largest absolute Gasteiger partial charge is 0.384 e. The Morgan fingerprint density at radius 1 is 1.31 bits per heavy atom. The first-order valence-electron chi connectivity index (χ1n) is 7.91. The quantitative estimate of drug-likeness (QED) is 0.722. The zero-order valence-corrected chi connectivity index (χ0v) is 16.7. The normalized spacial score (nSPS) is 18.6. The number of halogens is 1. The molecule has 2 aliphatic rings. The summed E-state index contributed by atoms with van der Waals surface area (Å²) in [6.07, 6.45) is 2.21. The number of thioether (sulfide) groups is 2. The van der Waals surface area contributed by atoms with Crippen LogP contribution in [0.3, 0.4) is 0 Å². The molecule has 4 rings (SSSR count). The summed E-state index contributed by atoms with van der Waals surface area (Å²) in [5.74, 6) is 0.593. The zero-order chi connectivity index (χ0) is 18.3. The third-order valence-electron chi connectivity index (χ3n) is 4.23. The number of aromatic nitrogens is 1. The molecule has 0 radical (unpaired) electrons. The average molecular weight is 448 g/mol. The number of rotatable bonds is 3. The lowest BCUT2D eigenvalue weighted by atomic mass is 9.93. The Hall–Kier alpha value is -1.77. The molecule has 1 atom stereocenters. The van der Waals surface area contributed by atoms with Crippen molar-refractivity contribution in [2.75, 3.05) is 5.75 Å². The summed E-state index contributed by atoms with van der Waals surface area (Å²) in [6.45, 7) is 0. The van der Waals surface area contributed by atoms with Gasteiger partial charge in [-0.15, -0.1) is 0 Å². The van der Waals surface area contributed by atoms with Crippen molar-refractivity contribution in [3.05, 3.63) is 58.3 Å². The van der Waals surface area contributed by atoms with Gasteiger partial charge in [-0.05, 0) is 36.4 Å². The van der Waals surface area contributed by atoms with E-state index < -0.39 is 0 Å². The highest BCUT2D eigenvalue weighted by Gasteiger charge is 2.38. The molecule has 26 heavy (non-hydrogen) atoms. The predicted molar refractivity (Wildman–Crippen MR) is 109 cm³/mol. The summed E-state index contributed by atoms with van der Waals surface area (Å²) < 4.78 is 2.87. The van der Waals surface area contributed by atoms with Gasteiger partial charge in [-0.1, -0.05) is 39.5 Å². The lowest BCUT2D eigenvalue weighted by Gasteiger charge is -2.19. The lowest BCUT2D eigenvalue weighted by Crippen LogP contribution is -2.20. The minimum Gasteiger partial charge on any atom is -0.384 e. The van der Waals surface area contributed by atoms with Crippen molar-refractivity contribution in [2.45, 2.75) is 17.2 Å². The highest BCUT2D eigenvalue weighted by atomic mass is 79.9. The van der Waals surface area contributed by atoms with E-state index in [9.17, 15) is 9.59 Å². The standard InChI is InChI=1S/C18H14BrN3O2S2/c19-10-3-5-11(6-4-10)26-15(24)9-25-18-16-12(8-14(23)21-18)13-2-1-7-22(13)17(16)20/h1-7,12H,8-9,20H2. The van der Waals surface area contributed by atoms with Crippen LogP contribution in [-0.2, 0) is 9.59 Å². The maximum atomic E-state index is 12.3. The first kappa shape index (κ1) is 17.6. The molecule has 0 fully saturated rings. The van der Waals surface area contributed by atoms with Crippen LogP contribution < -0.4 is 5.73 Å². The van der Waals surface area contributed by atoms with Crippen molar-refractivity contribution in [1.82, 2.24) is 4.57 Å². The number of fused-ring (bicyclic) bond motifs is 3. The number of benzene rings is 1. The van der Waals surface area contributed by atoms with Gasteiger partial charge in [0, 0.05) is 39.2 Å². The summed E-state index contributed by atoms with van der Waals surface area (Å²) in [5.41, 5.74) is 8.14. The van der Waals surface area contributed by atoms with E-state index in [0.717, 1.165) is 20.6 Å². The van der Waals surface area contributed by atoms with Gasteiger partial charge in [0.1, 0.15) is 10.9 Å². The molecule has 8 heteroatoms. The highest BCUT2D eigenvalue weighted by molar-refractivity contribution is 9.10. The van der Waals surface area contributed by atoms with E-state index in [0.29, 0.717) is 17.3 Å². The van der Waals surface area contributed by atoms with E-state index in [1.165, 1.54) is 23.5 Å². The third kappa shape index (κ3) is 3.28. The van der Waals surface area contributed by atoms with Crippen LogP contribution in [0.1, 0.15) is 18.0 Å². The highest BCUT2D eigenvalue weighted by Crippen LogP contribution is 2.43. The molecule has 0 spiro atoms. The van der Waals surface area contributed by atoms with Crippen molar-refractivity contribution in [2.24, 2.45) is 10.7 Å². The molecular formula is C18H14BrN3O2S2. The monoisotopic (exact) mass is 447 g/mol. The molecule has 3 heterocycles. The first-order chi connectivity index (χ1) is 12.5. The molecule has 0 saturated carbocycles. The van der Waals surface area contributed by atoms with Crippen LogP contribution in [0.15, 0.2) is 62.5 Å². The topological polar surface area (TPSA) is 77.5 Å². The molecule has 0 aliphatic carbocycles. The van der Waals surface area contributed by atoms with Crippen LogP contribution in [0.2, 0.25) is 0 Å². The Kier molecular flexibility index (Phi) is 4.81. The van der Waals surface area contributed by atoms with E-state index in [2.05, 4.69) is 20.9 Å². The molecule has 1 aromatic carbocycles. The lowest BCUT2D eigenvalue weighted by molar-refractivity contribution is -0.118. The minimum atomic E-state index is -0.170. The van der Waals surface area contributed by atoms with Crippen LogP contribution >= 0.6 is 39.5 Å². The zero-order valence-electron chi connectivity index (χ0n) is 13.5. The summed E-state index contributed by atoms with van der Waals surface area (Å²) in [6, 6.07) is 11.5. The first-order valence-corrected chi connectivity index (χ1v) is 10.5. The third-order valence-corrected chi connectivity index (χ3v) is 6.81. The molecule has 1 amide bonds. The van der Waals surface area contributed by atoms with Crippen LogP contribution in [0.5, 0.6) is 0 Å². The minimum absolute atomic E-state index is 0.00590. The van der Waals surface area contributed by atoms with Crippen LogP contribution in [0.25, 0.3) is 5.82 Å². The number of nitrogens with two attached hydrogens (primary N) is 1. The number of nitrogens with zero attached hydrogens (tertiary/aromatic N) is 2. The van der Waals surface area contributed by atoms with Gasteiger partial charge >= 0.3 is 0 Å². The maximum absolute atomic E-state index is 12.3. The number of hydrogen-bond acceptors (Lipinski definition) is 5. The van der Waals surface area contributed by atoms with Gasteiger partial charge in [-0.25, -0.2) is 4.99 Å². The average Bonchev–Trinajstić information content (AvgIpc) is 3.19. The SMILES string of the molecule is NC1=C2C(SCC(=O)Sc3ccc(Br)cc3)=NC(=O)CC2c2cccn21. The van der Waals surface area contributed by atoms with E-state index in [4.69, 9.17) is 5.73 Å². The van der Waals surface area contributed by atoms with E-state index in [1.54, 1.807) is 0 Å². The summed E-state index contributed by atoms with van der Waals surface area (Å²) in [7, 11) is 0. The fraction of sp³-hybridized carbons (Fsp3) is 0.167. The van der Waals surface area contributed by atoms with E-state index >= 15 is 0 Å². The Labute approximate surface area is 167 Å². The Morgan fingerprint density at radius 2 is 2.08 bits per heavy atom. The van der Waals surface area contributed by atoms with Crippen molar-refractivity contribution < 1.29 is 9.59 Å².